The molecule has 0 aliphatic carbocycles. The molecule has 3 rings (SSSR count). The molecular weight excluding hydrogens is 380 g/mol. The largest absolute Gasteiger partial charge is 0.497 e. The highest BCUT2D eigenvalue weighted by atomic mass is 32.2. The third kappa shape index (κ3) is 4.45. The van der Waals surface area contributed by atoms with E-state index in [1.165, 1.54) is 23.5 Å². The predicted octanol–water partition coefficient (Wildman–Crippen LogP) is 2.52. The first-order chi connectivity index (χ1) is 13.4. The number of anilines is 1. The number of amides is 1. The van der Waals surface area contributed by atoms with Crippen LogP contribution in [0.15, 0.2) is 53.4 Å². The van der Waals surface area contributed by atoms with Crippen LogP contribution in [0.3, 0.4) is 0 Å². The maximum Gasteiger partial charge on any atom is 0.242 e. The van der Waals surface area contributed by atoms with E-state index in [2.05, 4.69) is 0 Å². The summed E-state index contributed by atoms with van der Waals surface area (Å²) in [7, 11) is -0.521. The van der Waals surface area contributed by atoms with Crippen LogP contribution in [-0.2, 0) is 14.8 Å². The lowest BCUT2D eigenvalue weighted by molar-refractivity contribution is -0.117. The molecule has 0 saturated carbocycles. The van der Waals surface area contributed by atoms with Crippen LogP contribution < -0.4 is 14.4 Å². The van der Waals surface area contributed by atoms with Crippen molar-refractivity contribution in [2.45, 2.75) is 17.7 Å². The molecule has 1 aliphatic rings. The zero-order chi connectivity index (χ0) is 20.1. The second-order valence-corrected chi connectivity index (χ2v) is 8.54. The lowest BCUT2D eigenvalue weighted by Crippen LogP contribution is -2.31. The van der Waals surface area contributed by atoms with E-state index in [0.29, 0.717) is 18.7 Å². The topological polar surface area (TPSA) is 76.2 Å². The highest BCUT2D eigenvalue weighted by molar-refractivity contribution is 7.89. The monoisotopic (exact) mass is 404 g/mol. The zero-order valence-electron chi connectivity index (χ0n) is 16.0. The van der Waals surface area contributed by atoms with Crippen molar-refractivity contribution in [3.63, 3.8) is 0 Å². The molecule has 8 heteroatoms. The smallest absolute Gasteiger partial charge is 0.242 e. The number of hydrogen-bond donors (Lipinski definition) is 0. The van der Waals surface area contributed by atoms with E-state index in [0.717, 1.165) is 17.9 Å². The number of likely N-dealkylation sites (N-methyl/N-ethyl adjacent to an activating group) is 1. The molecule has 28 heavy (non-hydrogen) atoms. The molecule has 0 atom stereocenters. The van der Waals surface area contributed by atoms with Gasteiger partial charge in [-0.2, -0.15) is 4.31 Å². The van der Waals surface area contributed by atoms with Crippen molar-refractivity contribution in [2.75, 3.05) is 38.8 Å². The van der Waals surface area contributed by atoms with E-state index in [1.807, 2.05) is 0 Å². The summed E-state index contributed by atoms with van der Waals surface area (Å²) in [4.78, 5) is 13.7. The number of hydrogen-bond acceptors (Lipinski definition) is 5. The van der Waals surface area contributed by atoms with Gasteiger partial charge in [0.25, 0.3) is 0 Å². The molecule has 1 fully saturated rings. The molecule has 150 valence electrons. The molecule has 2 aromatic rings. The Morgan fingerprint density at radius 2 is 1.68 bits per heavy atom. The molecule has 1 heterocycles. The summed E-state index contributed by atoms with van der Waals surface area (Å²) in [6, 6.07) is 13.5. The van der Waals surface area contributed by atoms with Gasteiger partial charge in [0.2, 0.25) is 15.9 Å². The van der Waals surface area contributed by atoms with Crippen molar-refractivity contribution >= 4 is 21.6 Å². The van der Waals surface area contributed by atoms with Crippen LogP contribution in [0.5, 0.6) is 11.5 Å². The van der Waals surface area contributed by atoms with Gasteiger partial charge in [-0.1, -0.05) is 0 Å². The Hall–Kier alpha value is -2.58. The second-order valence-electron chi connectivity index (χ2n) is 6.49. The predicted molar refractivity (Wildman–Crippen MR) is 106 cm³/mol. The summed E-state index contributed by atoms with van der Waals surface area (Å²) in [5.41, 5.74) is 0.729. The standard InChI is InChI=1S/C20H24N2O5S/c1-21(14-15-27-18-9-7-17(26-2)8-10-18)28(24,25)19-11-5-16(6-12-19)22-13-3-4-20(22)23/h5-12H,3-4,13-15H2,1-2H3. The summed E-state index contributed by atoms with van der Waals surface area (Å²) in [6.07, 6.45) is 1.37. The Balaban J connectivity index is 1.58. The minimum absolute atomic E-state index is 0.0726. The van der Waals surface area contributed by atoms with E-state index >= 15 is 0 Å². The average Bonchev–Trinajstić information content (AvgIpc) is 3.14. The van der Waals surface area contributed by atoms with Crippen LogP contribution in [0.4, 0.5) is 5.69 Å². The zero-order valence-corrected chi connectivity index (χ0v) is 16.8. The van der Waals surface area contributed by atoms with Crippen LogP contribution >= 0.6 is 0 Å². The molecule has 2 aromatic carbocycles. The average molecular weight is 404 g/mol. The number of carbonyl (C=O) groups is 1. The van der Waals surface area contributed by atoms with Gasteiger partial charge in [0.1, 0.15) is 18.1 Å². The fourth-order valence-corrected chi connectivity index (χ4v) is 4.14. The maximum atomic E-state index is 12.7. The SMILES string of the molecule is COc1ccc(OCCN(C)S(=O)(=O)c2ccc(N3CCCC3=O)cc2)cc1. The van der Waals surface area contributed by atoms with Crippen LogP contribution in [0.25, 0.3) is 0 Å². The van der Waals surface area contributed by atoms with E-state index in [-0.39, 0.29) is 24.0 Å². The third-order valence-electron chi connectivity index (χ3n) is 4.66. The number of benzene rings is 2. The van der Waals surface area contributed by atoms with Crippen molar-refractivity contribution in [1.82, 2.24) is 4.31 Å². The van der Waals surface area contributed by atoms with Crippen LogP contribution in [-0.4, -0.2) is 52.5 Å². The highest BCUT2D eigenvalue weighted by Crippen LogP contribution is 2.24. The molecule has 1 aliphatic heterocycles. The second kappa shape index (κ2) is 8.62. The van der Waals surface area contributed by atoms with Crippen molar-refractivity contribution in [3.8, 4) is 11.5 Å². The van der Waals surface area contributed by atoms with E-state index < -0.39 is 10.0 Å². The molecule has 1 saturated heterocycles. The number of rotatable bonds is 8. The lowest BCUT2D eigenvalue weighted by atomic mass is 10.3. The molecule has 0 unspecified atom stereocenters. The summed E-state index contributed by atoms with van der Waals surface area (Å²) >= 11 is 0. The maximum absolute atomic E-state index is 12.7. The number of carbonyl (C=O) groups excluding carboxylic acids is 1. The summed E-state index contributed by atoms with van der Waals surface area (Å²) in [5.74, 6) is 1.45. The van der Waals surface area contributed by atoms with Gasteiger partial charge in [-0.3, -0.25) is 4.79 Å². The van der Waals surface area contributed by atoms with Gasteiger partial charge >= 0.3 is 0 Å². The highest BCUT2D eigenvalue weighted by Gasteiger charge is 2.24. The van der Waals surface area contributed by atoms with E-state index in [1.54, 1.807) is 48.4 Å². The Labute approximate surface area is 165 Å². The first kappa shape index (κ1) is 20.2. The molecule has 0 radical (unpaired) electrons. The number of sulfonamides is 1. The van der Waals surface area contributed by atoms with Gasteiger partial charge in [-0.05, 0) is 55.0 Å². The van der Waals surface area contributed by atoms with Gasteiger partial charge in [-0.25, -0.2) is 8.42 Å². The number of ether oxygens (including phenoxy) is 2. The van der Waals surface area contributed by atoms with Gasteiger partial charge in [0.15, 0.2) is 0 Å². The summed E-state index contributed by atoms with van der Waals surface area (Å²) in [6.45, 7) is 1.11. The number of methoxy groups -OCH3 is 1. The molecule has 0 aromatic heterocycles. The molecular formula is C20H24N2O5S. The molecule has 0 bridgehead atoms. The third-order valence-corrected chi connectivity index (χ3v) is 6.54. The fraction of sp³-hybridized carbons (Fsp3) is 0.350. The van der Waals surface area contributed by atoms with Gasteiger partial charge in [0, 0.05) is 32.2 Å². The molecule has 0 N–H and O–H groups in total. The van der Waals surface area contributed by atoms with Gasteiger partial charge in [-0.15, -0.1) is 0 Å². The number of nitrogens with zero attached hydrogens (tertiary/aromatic N) is 2. The van der Waals surface area contributed by atoms with Crippen LogP contribution in [0, 0.1) is 0 Å². The minimum atomic E-state index is -3.63. The lowest BCUT2D eigenvalue weighted by Gasteiger charge is -2.19. The van der Waals surface area contributed by atoms with Crippen molar-refractivity contribution in [2.24, 2.45) is 0 Å². The van der Waals surface area contributed by atoms with Crippen LogP contribution in [0.1, 0.15) is 12.8 Å². The quantitative estimate of drug-likeness (QED) is 0.676. The van der Waals surface area contributed by atoms with Gasteiger partial charge < -0.3 is 14.4 Å². The Bertz CT molecular complexity index is 911. The molecule has 7 nitrogen and oxygen atoms in total. The van der Waals surface area contributed by atoms with Gasteiger partial charge in [0.05, 0.1) is 12.0 Å². The Kier molecular flexibility index (Phi) is 6.21. The van der Waals surface area contributed by atoms with E-state index in [4.69, 9.17) is 9.47 Å². The first-order valence-corrected chi connectivity index (χ1v) is 10.5. The van der Waals surface area contributed by atoms with Crippen molar-refractivity contribution < 1.29 is 22.7 Å². The van der Waals surface area contributed by atoms with Crippen molar-refractivity contribution in [1.29, 1.82) is 0 Å². The molecule has 0 spiro atoms. The Morgan fingerprint density at radius 3 is 2.25 bits per heavy atom. The molecule has 1 amide bonds. The fourth-order valence-electron chi connectivity index (χ4n) is 2.98. The summed E-state index contributed by atoms with van der Waals surface area (Å²) in [5, 5.41) is 0. The first-order valence-electron chi connectivity index (χ1n) is 9.05. The summed E-state index contributed by atoms with van der Waals surface area (Å²) < 4.78 is 37.4. The van der Waals surface area contributed by atoms with Crippen molar-refractivity contribution in [3.05, 3.63) is 48.5 Å². The normalized spacial score (nSPS) is 14.5. The van der Waals surface area contributed by atoms with E-state index in [9.17, 15) is 13.2 Å². The Morgan fingerprint density at radius 1 is 1.04 bits per heavy atom. The van der Waals surface area contributed by atoms with Crippen LogP contribution in [0.2, 0.25) is 0 Å². The minimum Gasteiger partial charge on any atom is -0.497 e.